The van der Waals surface area contributed by atoms with Crippen LogP contribution in [0.2, 0.25) is 0 Å². The number of aromatic nitrogens is 2. The number of hydrogen-bond acceptors (Lipinski definition) is 6. The van der Waals surface area contributed by atoms with Crippen molar-refractivity contribution in [2.75, 3.05) is 31.7 Å². The van der Waals surface area contributed by atoms with Gasteiger partial charge < -0.3 is 19.7 Å². The molecule has 2 aliphatic heterocycles. The van der Waals surface area contributed by atoms with Gasteiger partial charge in [-0.05, 0) is 54.7 Å². The Morgan fingerprint density at radius 3 is 2.76 bits per heavy atom. The molecule has 5 rings (SSSR count). The fraction of sp³-hybridized carbons (Fsp3) is 0.346. The predicted molar refractivity (Wildman–Crippen MR) is 127 cm³/mol. The largest absolute Gasteiger partial charge is 0.497 e. The molecule has 0 bridgehead atoms. The van der Waals surface area contributed by atoms with Gasteiger partial charge in [0.1, 0.15) is 17.1 Å². The topological polar surface area (TPSA) is 76.6 Å². The summed E-state index contributed by atoms with van der Waals surface area (Å²) in [6, 6.07) is 16.1. The van der Waals surface area contributed by atoms with Gasteiger partial charge in [-0.3, -0.25) is 4.79 Å². The first-order valence-corrected chi connectivity index (χ1v) is 11.4. The second-order valence-electron chi connectivity index (χ2n) is 8.44. The molecule has 2 aliphatic rings. The SMILES string of the molecule is COc1ccc(-c2ncc(C(=O)NC[C@H]3CCCO3)c(N3CCc4ccccc4C3)n2)cc1. The van der Waals surface area contributed by atoms with Gasteiger partial charge >= 0.3 is 0 Å². The molecule has 0 spiro atoms. The van der Waals surface area contributed by atoms with Gasteiger partial charge in [0.15, 0.2) is 5.82 Å². The fourth-order valence-corrected chi connectivity index (χ4v) is 4.44. The van der Waals surface area contributed by atoms with Crippen molar-refractivity contribution in [2.45, 2.75) is 31.9 Å². The maximum Gasteiger partial charge on any atom is 0.256 e. The van der Waals surface area contributed by atoms with Gasteiger partial charge in [-0.25, -0.2) is 9.97 Å². The fourth-order valence-electron chi connectivity index (χ4n) is 4.44. The van der Waals surface area contributed by atoms with E-state index in [-0.39, 0.29) is 12.0 Å². The second-order valence-corrected chi connectivity index (χ2v) is 8.44. The number of carbonyl (C=O) groups is 1. The summed E-state index contributed by atoms with van der Waals surface area (Å²) in [6.45, 7) is 2.77. The number of fused-ring (bicyclic) bond motifs is 1. The molecule has 1 N–H and O–H groups in total. The third-order valence-corrected chi connectivity index (χ3v) is 6.31. The van der Waals surface area contributed by atoms with E-state index in [1.165, 1.54) is 11.1 Å². The molecule has 1 atom stereocenters. The molecule has 3 aromatic rings. The number of benzene rings is 2. The van der Waals surface area contributed by atoms with Gasteiger partial charge in [0.25, 0.3) is 5.91 Å². The standard InChI is InChI=1S/C26H28N4O3/c1-32-21-10-8-19(9-11-21)24-27-16-23(26(31)28-15-22-7-4-14-33-22)25(29-24)30-13-12-18-5-2-3-6-20(18)17-30/h2-3,5-6,8-11,16,22H,4,7,12-15,17H2,1H3,(H,28,31)/t22-/m1/s1. The molecule has 33 heavy (non-hydrogen) atoms. The number of ether oxygens (including phenoxy) is 2. The minimum absolute atomic E-state index is 0.0822. The lowest BCUT2D eigenvalue weighted by molar-refractivity contribution is 0.0857. The van der Waals surface area contributed by atoms with E-state index in [2.05, 4.69) is 39.5 Å². The Morgan fingerprint density at radius 2 is 2.00 bits per heavy atom. The van der Waals surface area contributed by atoms with Gasteiger partial charge in [0, 0.05) is 38.0 Å². The van der Waals surface area contributed by atoms with E-state index in [0.717, 1.165) is 43.7 Å². The summed E-state index contributed by atoms with van der Waals surface area (Å²) in [5.74, 6) is 1.86. The van der Waals surface area contributed by atoms with Crippen molar-refractivity contribution in [1.29, 1.82) is 0 Å². The van der Waals surface area contributed by atoms with Crippen molar-refractivity contribution in [2.24, 2.45) is 0 Å². The summed E-state index contributed by atoms with van der Waals surface area (Å²) in [5.41, 5.74) is 3.98. The zero-order valence-electron chi connectivity index (χ0n) is 18.8. The van der Waals surface area contributed by atoms with Crippen LogP contribution >= 0.6 is 0 Å². The summed E-state index contributed by atoms with van der Waals surface area (Å²) < 4.78 is 10.9. The van der Waals surface area contributed by atoms with Crippen LogP contribution in [0.1, 0.15) is 34.3 Å². The second kappa shape index (κ2) is 9.58. The van der Waals surface area contributed by atoms with Crippen molar-refractivity contribution in [3.05, 3.63) is 71.4 Å². The van der Waals surface area contributed by atoms with Crippen LogP contribution in [-0.2, 0) is 17.7 Å². The van der Waals surface area contributed by atoms with Gasteiger partial charge in [-0.2, -0.15) is 0 Å². The number of anilines is 1. The van der Waals surface area contributed by atoms with Crippen molar-refractivity contribution in [3.8, 4) is 17.1 Å². The third-order valence-electron chi connectivity index (χ3n) is 6.31. The van der Waals surface area contributed by atoms with Crippen LogP contribution in [0, 0.1) is 0 Å². The maximum atomic E-state index is 13.2. The number of carbonyl (C=O) groups excluding carboxylic acids is 1. The monoisotopic (exact) mass is 444 g/mol. The van der Waals surface area contributed by atoms with E-state index in [0.29, 0.717) is 30.3 Å². The predicted octanol–water partition coefficient (Wildman–Crippen LogP) is 3.62. The highest BCUT2D eigenvalue weighted by atomic mass is 16.5. The zero-order chi connectivity index (χ0) is 22.6. The Balaban J connectivity index is 1.46. The lowest BCUT2D eigenvalue weighted by Crippen LogP contribution is -2.36. The number of hydrogen-bond donors (Lipinski definition) is 1. The maximum absolute atomic E-state index is 13.2. The molecule has 0 unspecified atom stereocenters. The van der Waals surface area contributed by atoms with Gasteiger partial charge in [0.05, 0.1) is 13.2 Å². The quantitative estimate of drug-likeness (QED) is 0.626. The first kappa shape index (κ1) is 21.4. The molecule has 0 aliphatic carbocycles. The van der Waals surface area contributed by atoms with E-state index in [4.69, 9.17) is 14.5 Å². The summed E-state index contributed by atoms with van der Waals surface area (Å²) in [5, 5.41) is 3.03. The zero-order valence-corrected chi connectivity index (χ0v) is 18.8. The minimum atomic E-state index is -0.166. The number of amides is 1. The third kappa shape index (κ3) is 4.68. The molecule has 1 aromatic heterocycles. The minimum Gasteiger partial charge on any atom is -0.497 e. The van der Waals surface area contributed by atoms with Crippen LogP contribution in [0.25, 0.3) is 11.4 Å². The molecular formula is C26H28N4O3. The van der Waals surface area contributed by atoms with E-state index < -0.39 is 0 Å². The molecule has 7 nitrogen and oxygen atoms in total. The highest BCUT2D eigenvalue weighted by Gasteiger charge is 2.25. The van der Waals surface area contributed by atoms with E-state index >= 15 is 0 Å². The van der Waals surface area contributed by atoms with E-state index in [1.807, 2.05) is 24.3 Å². The van der Waals surface area contributed by atoms with E-state index in [1.54, 1.807) is 13.3 Å². The summed E-state index contributed by atoms with van der Waals surface area (Å²) in [6.07, 6.45) is 4.66. The molecule has 2 aromatic carbocycles. The van der Waals surface area contributed by atoms with Crippen molar-refractivity contribution < 1.29 is 14.3 Å². The Hall–Kier alpha value is -3.45. The molecule has 1 saturated heterocycles. The summed E-state index contributed by atoms with van der Waals surface area (Å²) >= 11 is 0. The Kier molecular flexibility index (Phi) is 6.21. The highest BCUT2D eigenvalue weighted by molar-refractivity contribution is 5.99. The van der Waals surface area contributed by atoms with Gasteiger partial charge in [-0.15, -0.1) is 0 Å². The van der Waals surface area contributed by atoms with E-state index in [9.17, 15) is 4.79 Å². The van der Waals surface area contributed by atoms with Crippen LogP contribution in [-0.4, -0.2) is 48.8 Å². The average Bonchev–Trinajstić information content (AvgIpc) is 3.40. The Morgan fingerprint density at radius 1 is 1.18 bits per heavy atom. The molecule has 3 heterocycles. The molecule has 7 heteroatoms. The van der Waals surface area contributed by atoms with Crippen molar-refractivity contribution >= 4 is 11.7 Å². The van der Waals surface area contributed by atoms with Gasteiger partial charge in [-0.1, -0.05) is 24.3 Å². The molecule has 1 amide bonds. The summed E-state index contributed by atoms with van der Waals surface area (Å²) in [4.78, 5) is 24.7. The number of nitrogens with zero attached hydrogens (tertiary/aromatic N) is 3. The molecular weight excluding hydrogens is 416 g/mol. The van der Waals surface area contributed by atoms with Crippen LogP contribution < -0.4 is 15.0 Å². The number of nitrogens with one attached hydrogen (secondary N) is 1. The molecule has 1 fully saturated rings. The van der Waals surface area contributed by atoms with Crippen LogP contribution in [0.4, 0.5) is 5.82 Å². The normalized spacial score (nSPS) is 17.5. The smallest absolute Gasteiger partial charge is 0.256 e. The van der Waals surface area contributed by atoms with Gasteiger partial charge in [0.2, 0.25) is 0 Å². The van der Waals surface area contributed by atoms with Crippen LogP contribution in [0.5, 0.6) is 5.75 Å². The molecule has 170 valence electrons. The Bertz CT molecular complexity index is 1130. The van der Waals surface area contributed by atoms with Crippen LogP contribution in [0.3, 0.4) is 0 Å². The number of methoxy groups -OCH3 is 1. The molecule has 0 radical (unpaired) electrons. The first-order valence-electron chi connectivity index (χ1n) is 11.4. The molecule has 0 saturated carbocycles. The summed E-state index contributed by atoms with van der Waals surface area (Å²) in [7, 11) is 1.64. The van der Waals surface area contributed by atoms with Crippen LogP contribution in [0.15, 0.2) is 54.7 Å². The van der Waals surface area contributed by atoms with Crippen molar-refractivity contribution in [3.63, 3.8) is 0 Å². The first-order chi connectivity index (χ1) is 16.2. The average molecular weight is 445 g/mol. The lowest BCUT2D eigenvalue weighted by Gasteiger charge is -2.31. The lowest BCUT2D eigenvalue weighted by atomic mass is 9.99. The van der Waals surface area contributed by atoms with Crippen molar-refractivity contribution in [1.82, 2.24) is 15.3 Å². The Labute approximate surface area is 193 Å². The highest BCUT2D eigenvalue weighted by Crippen LogP contribution is 2.28. The number of rotatable bonds is 6.